The molecule has 0 spiro atoms. The van der Waals surface area contributed by atoms with E-state index in [4.69, 9.17) is 5.11 Å². The molecule has 0 bridgehead atoms. The molecule has 0 fully saturated rings. The van der Waals surface area contributed by atoms with Gasteiger partial charge in [-0.15, -0.1) is 0 Å². The van der Waals surface area contributed by atoms with Crippen molar-refractivity contribution in [2.24, 2.45) is 5.92 Å². The molecule has 0 aromatic heterocycles. The van der Waals surface area contributed by atoms with E-state index in [-0.39, 0.29) is 12.6 Å². The lowest BCUT2D eigenvalue weighted by molar-refractivity contribution is -0.141. The number of benzene rings is 1. The van der Waals surface area contributed by atoms with E-state index in [0.717, 1.165) is 12.1 Å². The minimum atomic E-state index is -0.906. The molecule has 1 unspecified atom stereocenters. The number of amides is 2. The summed E-state index contributed by atoms with van der Waals surface area (Å²) in [7, 11) is 1.59. The molecule has 0 aliphatic carbocycles. The molecule has 1 aromatic carbocycles. The predicted octanol–water partition coefficient (Wildman–Crippen LogP) is 3.60. The van der Waals surface area contributed by atoms with E-state index in [2.05, 4.69) is 12.2 Å². The second-order valence-electron chi connectivity index (χ2n) is 5.70. The first-order valence-corrected chi connectivity index (χ1v) is 7.78. The van der Waals surface area contributed by atoms with Crippen LogP contribution in [0.3, 0.4) is 0 Å². The number of unbranched alkanes of at least 4 members (excludes halogenated alkanes) is 2. The Kier molecular flexibility index (Phi) is 7.43. The number of aliphatic carboxylic acids is 1. The molecule has 2 amide bonds. The van der Waals surface area contributed by atoms with Crippen LogP contribution in [-0.2, 0) is 11.2 Å². The number of carboxylic acids is 1. The Morgan fingerprint density at radius 1 is 1.23 bits per heavy atom. The highest BCUT2D eigenvalue weighted by Crippen LogP contribution is 2.13. The lowest BCUT2D eigenvalue weighted by Gasteiger charge is -2.20. The van der Waals surface area contributed by atoms with Crippen LogP contribution in [0.25, 0.3) is 0 Å². The van der Waals surface area contributed by atoms with Crippen molar-refractivity contribution in [3.8, 4) is 0 Å². The highest BCUT2D eigenvalue weighted by Gasteiger charge is 2.17. The summed E-state index contributed by atoms with van der Waals surface area (Å²) in [5.74, 6) is -1.49. The van der Waals surface area contributed by atoms with E-state index in [1.807, 2.05) is 24.3 Å². The van der Waals surface area contributed by atoms with Gasteiger partial charge in [-0.2, -0.15) is 0 Å². The van der Waals surface area contributed by atoms with Crippen LogP contribution < -0.4 is 5.32 Å². The van der Waals surface area contributed by atoms with Gasteiger partial charge < -0.3 is 15.3 Å². The third kappa shape index (κ3) is 6.16. The van der Waals surface area contributed by atoms with Crippen LogP contribution in [0, 0.1) is 5.92 Å². The first-order valence-electron chi connectivity index (χ1n) is 7.78. The number of nitrogens with zero attached hydrogens (tertiary/aromatic N) is 1. The quantitative estimate of drug-likeness (QED) is 0.721. The fourth-order valence-corrected chi connectivity index (χ4v) is 2.12. The number of aryl methyl sites for hydroxylation is 1. The topological polar surface area (TPSA) is 69.6 Å². The summed E-state index contributed by atoms with van der Waals surface area (Å²) in [4.78, 5) is 24.2. The number of carboxylic acid groups (broad SMARTS) is 1. The highest BCUT2D eigenvalue weighted by atomic mass is 16.4. The molecule has 22 heavy (non-hydrogen) atoms. The molecule has 0 saturated heterocycles. The predicted molar refractivity (Wildman–Crippen MR) is 88.1 cm³/mol. The zero-order valence-electron chi connectivity index (χ0n) is 13.6. The van der Waals surface area contributed by atoms with E-state index < -0.39 is 11.9 Å². The van der Waals surface area contributed by atoms with Gasteiger partial charge in [-0.3, -0.25) is 4.79 Å². The van der Waals surface area contributed by atoms with E-state index in [0.29, 0.717) is 0 Å². The zero-order chi connectivity index (χ0) is 16.5. The largest absolute Gasteiger partial charge is 0.481 e. The van der Waals surface area contributed by atoms with Crippen LogP contribution in [0.5, 0.6) is 0 Å². The van der Waals surface area contributed by atoms with Crippen LogP contribution in [0.15, 0.2) is 24.3 Å². The average molecular weight is 306 g/mol. The number of urea groups is 1. The standard InChI is InChI=1S/C17H26N2O3/c1-4-5-6-7-14-8-10-15(11-9-14)18-17(22)19(3)12-13(2)16(20)21/h8-11,13H,4-7,12H2,1-3H3,(H,18,22)(H,20,21). The number of hydrogen-bond donors (Lipinski definition) is 2. The smallest absolute Gasteiger partial charge is 0.321 e. The summed E-state index contributed by atoms with van der Waals surface area (Å²) < 4.78 is 0. The Balaban J connectivity index is 2.48. The van der Waals surface area contributed by atoms with E-state index >= 15 is 0 Å². The number of rotatable bonds is 8. The maximum absolute atomic E-state index is 12.0. The van der Waals surface area contributed by atoms with Gasteiger partial charge >= 0.3 is 12.0 Å². The molecule has 5 heteroatoms. The fourth-order valence-electron chi connectivity index (χ4n) is 2.12. The van der Waals surface area contributed by atoms with Crippen molar-refractivity contribution in [1.29, 1.82) is 0 Å². The van der Waals surface area contributed by atoms with Gasteiger partial charge in [0.1, 0.15) is 0 Å². The lowest BCUT2D eigenvalue weighted by Crippen LogP contribution is -2.36. The fraction of sp³-hybridized carbons (Fsp3) is 0.529. The second kappa shape index (κ2) is 9.07. The van der Waals surface area contributed by atoms with Crippen LogP contribution in [-0.4, -0.2) is 35.6 Å². The number of anilines is 1. The number of nitrogens with one attached hydrogen (secondary N) is 1. The van der Waals surface area contributed by atoms with Crippen molar-refractivity contribution in [3.63, 3.8) is 0 Å². The monoisotopic (exact) mass is 306 g/mol. The highest BCUT2D eigenvalue weighted by molar-refractivity contribution is 5.89. The summed E-state index contributed by atoms with van der Waals surface area (Å²) in [5.41, 5.74) is 1.98. The SMILES string of the molecule is CCCCCc1ccc(NC(=O)N(C)CC(C)C(=O)O)cc1. The summed E-state index contributed by atoms with van der Waals surface area (Å²) in [6.07, 6.45) is 4.66. The summed E-state index contributed by atoms with van der Waals surface area (Å²) in [6.45, 7) is 3.94. The van der Waals surface area contributed by atoms with Gasteiger partial charge in [0, 0.05) is 19.3 Å². The molecule has 0 saturated carbocycles. The third-order valence-electron chi connectivity index (χ3n) is 3.59. The summed E-state index contributed by atoms with van der Waals surface area (Å²) in [5, 5.41) is 11.6. The van der Waals surface area contributed by atoms with Crippen molar-refractivity contribution in [1.82, 2.24) is 4.90 Å². The normalized spacial score (nSPS) is 11.8. The maximum Gasteiger partial charge on any atom is 0.321 e. The molecule has 1 atom stereocenters. The number of carbonyl (C=O) groups is 2. The molecular weight excluding hydrogens is 280 g/mol. The van der Waals surface area contributed by atoms with Gasteiger partial charge in [0.15, 0.2) is 0 Å². The van der Waals surface area contributed by atoms with Crippen molar-refractivity contribution in [2.75, 3.05) is 18.9 Å². The Morgan fingerprint density at radius 2 is 1.86 bits per heavy atom. The molecule has 2 N–H and O–H groups in total. The van der Waals surface area contributed by atoms with Gasteiger partial charge in [0.2, 0.25) is 0 Å². The van der Waals surface area contributed by atoms with Crippen LogP contribution in [0.4, 0.5) is 10.5 Å². The van der Waals surface area contributed by atoms with Gasteiger partial charge in [0.25, 0.3) is 0 Å². The van der Waals surface area contributed by atoms with Crippen molar-refractivity contribution in [2.45, 2.75) is 39.5 Å². The first kappa shape index (κ1) is 18.0. The Morgan fingerprint density at radius 3 is 2.41 bits per heavy atom. The molecule has 122 valence electrons. The summed E-state index contributed by atoms with van der Waals surface area (Å²) in [6, 6.07) is 7.50. The Bertz CT molecular complexity index is 485. The molecule has 0 aliphatic heterocycles. The van der Waals surface area contributed by atoms with Crippen molar-refractivity contribution >= 4 is 17.7 Å². The van der Waals surface area contributed by atoms with Crippen molar-refractivity contribution < 1.29 is 14.7 Å². The van der Waals surface area contributed by atoms with Crippen molar-refractivity contribution in [3.05, 3.63) is 29.8 Å². The van der Waals surface area contributed by atoms with E-state index in [9.17, 15) is 9.59 Å². The van der Waals surface area contributed by atoms with E-state index in [1.165, 1.54) is 29.7 Å². The zero-order valence-corrected chi connectivity index (χ0v) is 13.6. The average Bonchev–Trinajstić information content (AvgIpc) is 2.49. The molecule has 5 nitrogen and oxygen atoms in total. The van der Waals surface area contributed by atoms with Crippen LogP contribution in [0.2, 0.25) is 0 Å². The van der Waals surface area contributed by atoms with E-state index in [1.54, 1.807) is 14.0 Å². The van der Waals surface area contributed by atoms with Gasteiger partial charge in [-0.05, 0) is 30.5 Å². The number of hydrogen-bond acceptors (Lipinski definition) is 2. The Labute approximate surface area is 132 Å². The van der Waals surface area contributed by atoms with Gasteiger partial charge in [-0.25, -0.2) is 4.79 Å². The number of carbonyl (C=O) groups excluding carboxylic acids is 1. The minimum absolute atomic E-state index is 0.177. The second-order valence-corrected chi connectivity index (χ2v) is 5.70. The molecule has 0 radical (unpaired) electrons. The van der Waals surface area contributed by atoms with Gasteiger partial charge in [0.05, 0.1) is 5.92 Å². The third-order valence-corrected chi connectivity index (χ3v) is 3.59. The molecule has 1 rings (SSSR count). The maximum atomic E-state index is 12.0. The molecule has 1 aromatic rings. The Hall–Kier alpha value is -2.04. The first-order chi connectivity index (χ1) is 10.4. The van der Waals surface area contributed by atoms with Crippen LogP contribution in [0.1, 0.15) is 38.7 Å². The minimum Gasteiger partial charge on any atom is -0.481 e. The summed E-state index contributed by atoms with van der Waals surface area (Å²) >= 11 is 0. The molecular formula is C17H26N2O3. The van der Waals surface area contributed by atoms with Crippen LogP contribution >= 0.6 is 0 Å². The molecule has 0 heterocycles. The lowest BCUT2D eigenvalue weighted by atomic mass is 10.1. The van der Waals surface area contributed by atoms with Gasteiger partial charge in [-0.1, -0.05) is 38.8 Å². The molecule has 0 aliphatic rings.